The molecule has 0 amide bonds. The first-order chi connectivity index (χ1) is 14.6. The van der Waals surface area contributed by atoms with E-state index in [2.05, 4.69) is 25.9 Å². The van der Waals surface area contributed by atoms with Crippen LogP contribution < -0.4 is 4.90 Å². The largest absolute Gasteiger partial charge is 0.414 e. The molecule has 1 aromatic heterocycles. The Balaban J connectivity index is 2.15. The predicted octanol–water partition coefficient (Wildman–Crippen LogP) is 7.28. The van der Waals surface area contributed by atoms with Crippen molar-refractivity contribution in [3.63, 3.8) is 0 Å². The summed E-state index contributed by atoms with van der Waals surface area (Å²) in [7, 11) is -2.33. The van der Waals surface area contributed by atoms with Gasteiger partial charge in [0.1, 0.15) is 17.4 Å². The molecule has 0 bridgehead atoms. The van der Waals surface area contributed by atoms with E-state index in [0.717, 1.165) is 11.8 Å². The lowest BCUT2D eigenvalue weighted by atomic mass is 10.1. The number of thioether (sulfide) groups is 1. The number of hydrogen-bond donors (Lipinski definition) is 0. The molecule has 0 aliphatic carbocycles. The van der Waals surface area contributed by atoms with Crippen LogP contribution in [-0.2, 0) is 4.43 Å². The maximum absolute atomic E-state index is 15.2. The van der Waals surface area contributed by atoms with Crippen LogP contribution in [0.4, 0.5) is 23.4 Å². The number of alkyl halides is 2. The Labute approximate surface area is 203 Å². The minimum absolute atomic E-state index is 0.0901. The first-order valence-corrected chi connectivity index (χ1v) is 15.3. The number of hydrogen-bond acceptors (Lipinski definition) is 5. The highest BCUT2D eigenvalue weighted by Gasteiger charge is 2.51. The molecule has 1 fully saturated rings. The minimum Gasteiger partial charge on any atom is -0.414 e. The highest BCUT2D eigenvalue weighted by Crippen LogP contribution is 2.44. The Hall–Kier alpha value is -0.623. The van der Waals surface area contributed by atoms with E-state index >= 15 is 4.39 Å². The van der Waals surface area contributed by atoms with Gasteiger partial charge in [0.05, 0.1) is 21.5 Å². The van der Waals surface area contributed by atoms with Crippen LogP contribution in [-0.4, -0.2) is 49.7 Å². The van der Waals surface area contributed by atoms with Crippen molar-refractivity contribution in [2.45, 2.75) is 62.4 Å². The maximum Gasteiger partial charge on any atom is 0.271 e. The second kappa shape index (κ2) is 8.87. The van der Waals surface area contributed by atoms with Crippen LogP contribution in [0.1, 0.15) is 27.2 Å². The summed E-state index contributed by atoms with van der Waals surface area (Å²) >= 11 is 10.0. The molecule has 32 heavy (non-hydrogen) atoms. The SMILES string of the molecule is CSc1nc(N2CCC(F)(F)[C@@H]2CO[Si](C)(C)C(C)(C)C)c2c(F)c(Cl)c(Br)c(F)c2n1. The van der Waals surface area contributed by atoms with E-state index in [0.29, 0.717) is 0 Å². The molecule has 12 heteroatoms. The van der Waals surface area contributed by atoms with Crippen LogP contribution in [0.3, 0.4) is 0 Å². The summed E-state index contributed by atoms with van der Waals surface area (Å²) in [6, 6.07) is -1.38. The van der Waals surface area contributed by atoms with E-state index < -0.39 is 43.4 Å². The van der Waals surface area contributed by atoms with Crippen LogP contribution in [0.5, 0.6) is 0 Å². The Bertz CT molecular complexity index is 1050. The zero-order valence-corrected chi connectivity index (χ0v) is 22.8. The molecular weight excluding hydrogens is 550 g/mol. The van der Waals surface area contributed by atoms with Crippen LogP contribution in [0.2, 0.25) is 23.2 Å². The van der Waals surface area contributed by atoms with Gasteiger partial charge in [-0.15, -0.1) is 0 Å². The number of nitrogens with zero attached hydrogens (tertiary/aromatic N) is 3. The van der Waals surface area contributed by atoms with Crippen LogP contribution in [0.25, 0.3) is 10.9 Å². The molecule has 2 heterocycles. The molecule has 1 aromatic carbocycles. The predicted molar refractivity (Wildman–Crippen MR) is 128 cm³/mol. The van der Waals surface area contributed by atoms with E-state index in [9.17, 15) is 13.2 Å². The summed E-state index contributed by atoms with van der Waals surface area (Å²) < 4.78 is 65.9. The maximum atomic E-state index is 15.2. The van der Waals surface area contributed by atoms with Crippen molar-refractivity contribution in [2.24, 2.45) is 0 Å². The van der Waals surface area contributed by atoms with E-state index in [-0.39, 0.29) is 44.5 Å². The summed E-state index contributed by atoms with van der Waals surface area (Å²) in [5.41, 5.74) is -0.313. The van der Waals surface area contributed by atoms with E-state index in [1.165, 1.54) is 4.90 Å². The van der Waals surface area contributed by atoms with Gasteiger partial charge in [-0.25, -0.2) is 27.5 Å². The first kappa shape index (κ1) is 26.0. The third-order valence-electron chi connectivity index (χ3n) is 6.29. The average Bonchev–Trinajstić information content (AvgIpc) is 3.01. The molecule has 178 valence electrons. The number of anilines is 1. The van der Waals surface area contributed by atoms with Gasteiger partial charge < -0.3 is 9.33 Å². The first-order valence-electron chi connectivity index (χ1n) is 9.98. The highest BCUT2D eigenvalue weighted by atomic mass is 79.9. The quantitative estimate of drug-likeness (QED) is 0.0937. The molecule has 0 saturated carbocycles. The summed E-state index contributed by atoms with van der Waals surface area (Å²) in [5, 5.41) is -0.839. The third-order valence-corrected chi connectivity index (χ3v) is 12.7. The molecule has 1 saturated heterocycles. The molecule has 2 aromatic rings. The zero-order valence-electron chi connectivity index (χ0n) is 18.6. The Morgan fingerprint density at radius 1 is 1.25 bits per heavy atom. The Morgan fingerprint density at radius 2 is 1.88 bits per heavy atom. The lowest BCUT2D eigenvalue weighted by molar-refractivity contribution is -0.0203. The Kier molecular flexibility index (Phi) is 7.20. The van der Waals surface area contributed by atoms with Gasteiger partial charge in [-0.2, -0.15) is 0 Å². The zero-order chi connectivity index (χ0) is 24.2. The van der Waals surface area contributed by atoms with Gasteiger partial charge in [-0.1, -0.05) is 44.1 Å². The fourth-order valence-electron chi connectivity index (χ4n) is 3.28. The van der Waals surface area contributed by atoms with Crippen molar-refractivity contribution in [3.05, 3.63) is 21.1 Å². The topological polar surface area (TPSA) is 38.2 Å². The molecule has 0 unspecified atom stereocenters. The van der Waals surface area contributed by atoms with Crippen LogP contribution >= 0.6 is 39.3 Å². The van der Waals surface area contributed by atoms with Crippen molar-refractivity contribution in [2.75, 3.05) is 24.3 Å². The van der Waals surface area contributed by atoms with Crippen molar-refractivity contribution in [1.29, 1.82) is 0 Å². The fourth-order valence-corrected chi connectivity index (χ4v) is 5.19. The number of fused-ring (bicyclic) bond motifs is 1. The van der Waals surface area contributed by atoms with E-state index in [1.54, 1.807) is 6.26 Å². The standard InChI is InChI=1S/C20H25BrClF4N3OSSi/c1-19(2,3)32(5,6)30-9-10-20(25,26)7-8-29(10)17-11-14(23)13(22)12(21)15(24)16(11)27-18(28-17)31-4/h10H,7-9H2,1-6H3/t10-/m0/s1. The average molecular weight is 575 g/mol. The van der Waals surface area contributed by atoms with Gasteiger partial charge in [-0.05, 0) is 40.3 Å². The van der Waals surface area contributed by atoms with Crippen molar-refractivity contribution >= 4 is 64.3 Å². The second-order valence-electron chi connectivity index (χ2n) is 9.30. The van der Waals surface area contributed by atoms with E-state index in [4.69, 9.17) is 16.0 Å². The minimum atomic E-state index is -3.09. The highest BCUT2D eigenvalue weighted by molar-refractivity contribution is 9.10. The van der Waals surface area contributed by atoms with Crippen molar-refractivity contribution < 1.29 is 22.0 Å². The molecular formula is C20H25BrClF4N3OSSi. The molecule has 1 atom stereocenters. The lowest BCUT2D eigenvalue weighted by Crippen LogP contribution is -2.49. The van der Waals surface area contributed by atoms with Crippen molar-refractivity contribution in [1.82, 2.24) is 9.97 Å². The van der Waals surface area contributed by atoms with Gasteiger partial charge >= 0.3 is 0 Å². The number of aromatic nitrogens is 2. The molecule has 3 rings (SSSR count). The van der Waals surface area contributed by atoms with Crippen molar-refractivity contribution in [3.8, 4) is 0 Å². The monoisotopic (exact) mass is 573 g/mol. The summed E-state index contributed by atoms with van der Waals surface area (Å²) in [4.78, 5) is 9.69. The molecule has 4 nitrogen and oxygen atoms in total. The molecule has 0 N–H and O–H groups in total. The molecule has 1 aliphatic rings. The van der Waals surface area contributed by atoms with E-state index in [1.807, 2.05) is 33.9 Å². The number of rotatable bonds is 5. The Morgan fingerprint density at radius 3 is 2.44 bits per heavy atom. The molecule has 0 radical (unpaired) electrons. The number of halogens is 6. The second-order valence-corrected chi connectivity index (χ2v) is 16.1. The van der Waals surface area contributed by atoms with Gasteiger partial charge in [-0.3, -0.25) is 0 Å². The normalized spacial score (nSPS) is 19.2. The van der Waals surface area contributed by atoms with Gasteiger partial charge in [0.2, 0.25) is 0 Å². The van der Waals surface area contributed by atoms with Gasteiger partial charge in [0, 0.05) is 13.0 Å². The van der Waals surface area contributed by atoms with Gasteiger partial charge in [0.25, 0.3) is 5.92 Å². The summed E-state index contributed by atoms with van der Waals surface area (Å²) in [6.45, 7) is 9.66. The third kappa shape index (κ3) is 4.52. The molecule has 0 spiro atoms. The summed E-state index contributed by atoms with van der Waals surface area (Å²) in [6.07, 6.45) is 1.22. The number of benzene rings is 1. The molecule has 1 aliphatic heterocycles. The van der Waals surface area contributed by atoms with Crippen LogP contribution in [0.15, 0.2) is 9.63 Å². The summed E-state index contributed by atoms with van der Waals surface area (Å²) in [5.74, 6) is -5.03. The smallest absolute Gasteiger partial charge is 0.271 e. The van der Waals surface area contributed by atoms with Gasteiger partial charge in [0.15, 0.2) is 25.1 Å². The fraction of sp³-hybridized carbons (Fsp3) is 0.600. The lowest BCUT2D eigenvalue weighted by Gasteiger charge is -2.39. The van der Waals surface area contributed by atoms with Crippen LogP contribution in [0, 0.1) is 11.6 Å².